The molecule has 0 spiro atoms. The van der Waals surface area contributed by atoms with Crippen molar-refractivity contribution in [2.75, 3.05) is 25.0 Å². The van der Waals surface area contributed by atoms with Crippen molar-refractivity contribution in [1.82, 2.24) is 14.9 Å². The van der Waals surface area contributed by atoms with Crippen molar-refractivity contribution >= 4 is 5.82 Å². The van der Waals surface area contributed by atoms with Crippen molar-refractivity contribution in [3.05, 3.63) is 18.6 Å². The summed E-state index contributed by atoms with van der Waals surface area (Å²) >= 11 is 0. The number of likely N-dealkylation sites (tertiary alicyclic amines) is 1. The van der Waals surface area contributed by atoms with E-state index in [9.17, 15) is 0 Å². The number of aromatic nitrogens is 2. The molecule has 4 heteroatoms. The van der Waals surface area contributed by atoms with E-state index in [0.29, 0.717) is 6.04 Å². The third-order valence-electron chi connectivity index (χ3n) is 2.32. The minimum Gasteiger partial charge on any atom is -0.363 e. The second-order valence-corrected chi connectivity index (χ2v) is 3.28. The first-order valence-corrected chi connectivity index (χ1v) is 4.63. The zero-order chi connectivity index (χ0) is 9.10. The molecule has 1 saturated heterocycles. The second-order valence-electron chi connectivity index (χ2n) is 3.28. The van der Waals surface area contributed by atoms with E-state index in [4.69, 9.17) is 0 Å². The molecule has 13 heavy (non-hydrogen) atoms. The summed E-state index contributed by atoms with van der Waals surface area (Å²) in [6, 6.07) is 0.552. The van der Waals surface area contributed by atoms with Gasteiger partial charge >= 0.3 is 0 Å². The summed E-state index contributed by atoms with van der Waals surface area (Å²) in [5.41, 5.74) is 0. The molecule has 2 rings (SSSR count). The minimum atomic E-state index is 0.552. The molecule has 1 N–H and O–H groups in total. The SMILES string of the molecule is CCN1CC(Nc2cnccn2)C1. The summed E-state index contributed by atoms with van der Waals surface area (Å²) in [4.78, 5) is 10.5. The van der Waals surface area contributed by atoms with Crippen molar-refractivity contribution in [2.45, 2.75) is 13.0 Å². The Morgan fingerprint density at radius 1 is 1.54 bits per heavy atom. The Kier molecular flexibility index (Phi) is 2.40. The van der Waals surface area contributed by atoms with Crippen LogP contribution in [0.5, 0.6) is 0 Å². The fourth-order valence-electron chi connectivity index (χ4n) is 1.50. The number of hydrogen-bond acceptors (Lipinski definition) is 4. The molecule has 0 atom stereocenters. The van der Waals surface area contributed by atoms with Gasteiger partial charge in [0, 0.05) is 25.5 Å². The van der Waals surface area contributed by atoms with E-state index in [2.05, 4.69) is 27.1 Å². The zero-order valence-corrected chi connectivity index (χ0v) is 7.77. The van der Waals surface area contributed by atoms with E-state index in [1.54, 1.807) is 18.6 Å². The maximum atomic E-state index is 4.16. The molecule has 0 aromatic carbocycles. The lowest BCUT2D eigenvalue weighted by Gasteiger charge is -2.38. The number of nitrogens with zero attached hydrogens (tertiary/aromatic N) is 3. The average Bonchev–Trinajstić information content (AvgIpc) is 2.12. The van der Waals surface area contributed by atoms with Crippen LogP contribution in [0.2, 0.25) is 0 Å². The maximum absolute atomic E-state index is 4.16. The van der Waals surface area contributed by atoms with Gasteiger partial charge in [-0.2, -0.15) is 0 Å². The molecule has 0 aliphatic carbocycles. The van der Waals surface area contributed by atoms with Crippen LogP contribution in [0.25, 0.3) is 0 Å². The lowest BCUT2D eigenvalue weighted by molar-refractivity contribution is 0.171. The molecule has 1 aromatic rings. The van der Waals surface area contributed by atoms with Crippen LogP contribution in [0.4, 0.5) is 5.82 Å². The molecule has 0 saturated carbocycles. The van der Waals surface area contributed by atoms with Crippen LogP contribution in [-0.4, -0.2) is 40.5 Å². The summed E-state index contributed by atoms with van der Waals surface area (Å²) in [6.07, 6.45) is 5.15. The van der Waals surface area contributed by atoms with Gasteiger partial charge in [0.2, 0.25) is 0 Å². The Bertz CT molecular complexity index is 256. The summed E-state index contributed by atoms with van der Waals surface area (Å²) in [7, 11) is 0. The highest BCUT2D eigenvalue weighted by Crippen LogP contribution is 2.11. The summed E-state index contributed by atoms with van der Waals surface area (Å²) in [5.74, 6) is 0.878. The molecule has 0 amide bonds. The standard InChI is InChI=1S/C9H14N4/c1-2-13-6-8(7-13)12-9-5-10-3-4-11-9/h3-5,8H,2,6-7H2,1H3,(H,11,12). The molecule has 1 aliphatic rings. The molecule has 1 aliphatic heterocycles. The number of hydrogen-bond donors (Lipinski definition) is 1. The van der Waals surface area contributed by atoms with Gasteiger partial charge in [0.25, 0.3) is 0 Å². The predicted octanol–water partition coefficient (Wildman–Crippen LogP) is 0.593. The molecule has 70 valence electrons. The van der Waals surface area contributed by atoms with Crippen molar-refractivity contribution in [2.24, 2.45) is 0 Å². The molecule has 0 unspecified atom stereocenters. The minimum absolute atomic E-state index is 0.552. The second kappa shape index (κ2) is 3.70. The monoisotopic (exact) mass is 178 g/mol. The van der Waals surface area contributed by atoms with Crippen LogP contribution < -0.4 is 5.32 Å². The highest BCUT2D eigenvalue weighted by molar-refractivity contribution is 5.32. The molecular formula is C9H14N4. The van der Waals surface area contributed by atoms with Crippen LogP contribution in [0, 0.1) is 0 Å². The van der Waals surface area contributed by atoms with E-state index < -0.39 is 0 Å². The smallest absolute Gasteiger partial charge is 0.144 e. The largest absolute Gasteiger partial charge is 0.363 e. The highest BCUT2D eigenvalue weighted by Gasteiger charge is 2.24. The van der Waals surface area contributed by atoms with E-state index >= 15 is 0 Å². The van der Waals surface area contributed by atoms with Gasteiger partial charge in [-0.1, -0.05) is 6.92 Å². The van der Waals surface area contributed by atoms with E-state index in [1.807, 2.05) is 0 Å². The summed E-state index contributed by atoms with van der Waals surface area (Å²) in [5, 5.41) is 3.33. The maximum Gasteiger partial charge on any atom is 0.144 e. The van der Waals surface area contributed by atoms with Crippen molar-refractivity contribution in [3.8, 4) is 0 Å². The summed E-state index contributed by atoms with van der Waals surface area (Å²) in [6.45, 7) is 5.55. The van der Waals surface area contributed by atoms with Crippen LogP contribution >= 0.6 is 0 Å². The summed E-state index contributed by atoms with van der Waals surface area (Å²) < 4.78 is 0. The van der Waals surface area contributed by atoms with Gasteiger partial charge < -0.3 is 5.32 Å². The number of likely N-dealkylation sites (N-methyl/N-ethyl adjacent to an activating group) is 1. The van der Waals surface area contributed by atoms with E-state index in [-0.39, 0.29) is 0 Å². The fraction of sp³-hybridized carbons (Fsp3) is 0.556. The van der Waals surface area contributed by atoms with Crippen LogP contribution in [0.1, 0.15) is 6.92 Å². The van der Waals surface area contributed by atoms with Crippen molar-refractivity contribution < 1.29 is 0 Å². The normalized spacial score (nSPS) is 18.2. The Labute approximate surface area is 78.0 Å². The Hall–Kier alpha value is -1.16. The Morgan fingerprint density at radius 3 is 3.00 bits per heavy atom. The van der Waals surface area contributed by atoms with Gasteiger partial charge in [-0.15, -0.1) is 0 Å². The lowest BCUT2D eigenvalue weighted by Crippen LogP contribution is -2.54. The molecule has 2 heterocycles. The van der Waals surface area contributed by atoms with Gasteiger partial charge in [0.05, 0.1) is 12.2 Å². The molecular weight excluding hydrogens is 164 g/mol. The quantitative estimate of drug-likeness (QED) is 0.735. The third kappa shape index (κ3) is 1.95. The van der Waals surface area contributed by atoms with Gasteiger partial charge in [0.15, 0.2) is 0 Å². The third-order valence-corrected chi connectivity index (χ3v) is 2.32. The molecule has 0 radical (unpaired) electrons. The van der Waals surface area contributed by atoms with Gasteiger partial charge in [-0.05, 0) is 6.54 Å². The number of anilines is 1. The van der Waals surface area contributed by atoms with Crippen LogP contribution in [-0.2, 0) is 0 Å². The molecule has 1 fully saturated rings. The average molecular weight is 178 g/mol. The van der Waals surface area contributed by atoms with Gasteiger partial charge in [-0.25, -0.2) is 4.98 Å². The first-order valence-electron chi connectivity index (χ1n) is 4.63. The van der Waals surface area contributed by atoms with E-state index in [1.165, 1.54) is 0 Å². The van der Waals surface area contributed by atoms with Crippen LogP contribution in [0.15, 0.2) is 18.6 Å². The van der Waals surface area contributed by atoms with Crippen molar-refractivity contribution in [3.63, 3.8) is 0 Å². The Morgan fingerprint density at radius 2 is 2.38 bits per heavy atom. The van der Waals surface area contributed by atoms with E-state index in [0.717, 1.165) is 25.5 Å². The predicted molar refractivity (Wildman–Crippen MR) is 51.6 cm³/mol. The number of nitrogens with one attached hydrogen (secondary N) is 1. The number of rotatable bonds is 3. The zero-order valence-electron chi connectivity index (χ0n) is 7.77. The van der Waals surface area contributed by atoms with Crippen molar-refractivity contribution in [1.29, 1.82) is 0 Å². The van der Waals surface area contributed by atoms with Gasteiger partial charge in [0.1, 0.15) is 5.82 Å². The first-order chi connectivity index (χ1) is 6.38. The topological polar surface area (TPSA) is 41.0 Å². The molecule has 0 bridgehead atoms. The first kappa shape index (κ1) is 8.44. The van der Waals surface area contributed by atoms with Crippen LogP contribution in [0.3, 0.4) is 0 Å². The Balaban J connectivity index is 1.81. The molecule has 1 aromatic heterocycles. The lowest BCUT2D eigenvalue weighted by atomic mass is 10.1. The molecule has 4 nitrogen and oxygen atoms in total. The fourth-order valence-corrected chi connectivity index (χ4v) is 1.50. The highest BCUT2D eigenvalue weighted by atomic mass is 15.3. The van der Waals surface area contributed by atoms with Gasteiger partial charge in [-0.3, -0.25) is 9.88 Å².